The molecule has 18 heteroatoms. The Hall–Kier alpha value is -5.68. The monoisotopic (exact) mass is 821 g/mol. The number of nitrogens with one attached hydrogen (secondary N) is 1. The van der Waals surface area contributed by atoms with Gasteiger partial charge in [-0.1, -0.05) is 67.0 Å². The first-order valence-electron chi connectivity index (χ1n) is 15.7. The summed E-state index contributed by atoms with van der Waals surface area (Å²) in [4.78, 5) is 41.7. The van der Waals surface area contributed by atoms with Gasteiger partial charge in [0.25, 0.3) is 21.1 Å². The molecule has 0 aliphatic carbocycles. The molecule has 0 spiro atoms. The van der Waals surface area contributed by atoms with E-state index in [2.05, 4.69) is 24.7 Å². The fourth-order valence-corrected chi connectivity index (χ4v) is 7.31. The van der Waals surface area contributed by atoms with Crippen molar-refractivity contribution in [1.82, 2.24) is 29.1 Å². The van der Waals surface area contributed by atoms with E-state index in [0.717, 1.165) is 6.26 Å². The van der Waals surface area contributed by atoms with E-state index >= 15 is 0 Å². The number of fused-ring (bicyclic) bond motifs is 2. The molecule has 7 aromatic rings. The first-order chi connectivity index (χ1) is 25.6. The molecule has 4 aromatic heterocycles. The van der Waals surface area contributed by atoms with E-state index in [1.54, 1.807) is 67.7 Å². The SMILES string of the molecule is C.COc1ccc(S(=O)(=O)Nc2ncc3cc(-c4ccccc4Cl)c(=O)n(C)c3n2)cc1.Cn1c(=O)c(-c2ccccc2Cl)cc2cnc(S(C)(=O)=O)nc21. The van der Waals surface area contributed by atoms with Crippen molar-refractivity contribution >= 4 is 71.1 Å². The Balaban J connectivity index is 0.000000216. The second kappa shape index (κ2) is 16.0. The van der Waals surface area contributed by atoms with Crippen LogP contribution in [0.5, 0.6) is 5.75 Å². The van der Waals surface area contributed by atoms with Gasteiger partial charge in [-0.05, 0) is 48.5 Å². The van der Waals surface area contributed by atoms with Crippen molar-refractivity contribution in [2.24, 2.45) is 14.1 Å². The van der Waals surface area contributed by atoms with E-state index in [9.17, 15) is 26.4 Å². The van der Waals surface area contributed by atoms with Crippen molar-refractivity contribution in [3.63, 3.8) is 0 Å². The number of halogens is 2. The molecule has 0 saturated heterocycles. The minimum Gasteiger partial charge on any atom is -0.497 e. The number of aryl methyl sites for hydroxylation is 2. The molecule has 55 heavy (non-hydrogen) atoms. The van der Waals surface area contributed by atoms with Crippen molar-refractivity contribution in [2.75, 3.05) is 18.1 Å². The number of rotatable bonds is 7. The van der Waals surface area contributed by atoms with Crippen LogP contribution in [0.15, 0.2) is 117 Å². The normalized spacial score (nSPS) is 11.4. The van der Waals surface area contributed by atoms with Crippen LogP contribution in [0.1, 0.15) is 7.43 Å². The summed E-state index contributed by atoms with van der Waals surface area (Å²) >= 11 is 12.4. The Bertz CT molecular complexity index is 2940. The van der Waals surface area contributed by atoms with Crippen LogP contribution in [0.25, 0.3) is 44.3 Å². The zero-order valence-electron chi connectivity index (χ0n) is 28.9. The number of methoxy groups -OCH3 is 1. The third-order valence-electron chi connectivity index (χ3n) is 8.13. The summed E-state index contributed by atoms with van der Waals surface area (Å²) in [5.41, 5.74) is 1.90. The predicted octanol–water partition coefficient (Wildman–Crippen LogP) is 6.15. The molecule has 0 atom stereocenters. The number of hydrogen-bond donors (Lipinski definition) is 1. The Morgan fingerprint density at radius 1 is 0.673 bits per heavy atom. The largest absolute Gasteiger partial charge is 0.497 e. The standard InChI is InChI=1S/C21H17ClN4O4S.C15H12ClN3O3S.CH4/c1-26-19-13(11-17(20(26)27)16-5-3-4-6-18(16)22)12-23-21(24-19)25-31(28,29)15-9-7-14(30-2)8-10-15;1-19-13-9(8-17-15(18-13)23(2,21)22)7-11(14(19)20)10-5-3-4-6-12(10)16;/h3-12H,1-2H3,(H,23,24,25);3-8H,1-2H3;1H4. The molecule has 0 aliphatic heterocycles. The second-order valence-corrected chi connectivity index (χ2v) is 16.2. The van der Waals surface area contributed by atoms with Gasteiger partial charge in [-0.15, -0.1) is 0 Å². The molecule has 4 heterocycles. The number of nitrogens with zero attached hydrogens (tertiary/aromatic N) is 6. The molecule has 1 N–H and O–H groups in total. The Morgan fingerprint density at radius 2 is 1.15 bits per heavy atom. The highest BCUT2D eigenvalue weighted by molar-refractivity contribution is 7.92. The van der Waals surface area contributed by atoms with E-state index in [-0.39, 0.29) is 45.8 Å². The fourth-order valence-electron chi connectivity index (χ4n) is 5.38. The van der Waals surface area contributed by atoms with Crippen LogP contribution in [-0.2, 0) is 34.0 Å². The second-order valence-electron chi connectivity index (χ2n) is 11.8. The number of sulfonamides is 1. The van der Waals surface area contributed by atoms with Gasteiger partial charge < -0.3 is 4.74 Å². The fraction of sp³-hybridized carbons (Fsp3) is 0.135. The summed E-state index contributed by atoms with van der Waals surface area (Å²) in [7, 11) is -2.89. The number of pyridine rings is 2. The van der Waals surface area contributed by atoms with Crippen LogP contribution in [0, 0.1) is 0 Å². The van der Waals surface area contributed by atoms with Crippen LogP contribution >= 0.6 is 23.2 Å². The summed E-state index contributed by atoms with van der Waals surface area (Å²) in [6.07, 6.45) is 3.86. The zero-order valence-corrected chi connectivity index (χ0v) is 32.0. The maximum atomic E-state index is 12.9. The van der Waals surface area contributed by atoms with Gasteiger partial charge in [0.2, 0.25) is 20.9 Å². The lowest BCUT2D eigenvalue weighted by atomic mass is 10.1. The van der Waals surface area contributed by atoms with Crippen LogP contribution in [0.4, 0.5) is 5.95 Å². The quantitative estimate of drug-likeness (QED) is 0.182. The van der Waals surface area contributed by atoms with Gasteiger partial charge in [-0.2, -0.15) is 9.97 Å². The number of sulfone groups is 1. The number of anilines is 1. The van der Waals surface area contributed by atoms with Crippen LogP contribution in [0.2, 0.25) is 10.0 Å². The van der Waals surface area contributed by atoms with E-state index in [0.29, 0.717) is 48.8 Å². The van der Waals surface area contributed by atoms with Gasteiger partial charge in [0.05, 0.1) is 12.0 Å². The molecular formula is C37H33Cl2N7O7S2. The molecule has 0 unspecified atom stereocenters. The van der Waals surface area contributed by atoms with Crippen LogP contribution in [0.3, 0.4) is 0 Å². The Kier molecular flexibility index (Phi) is 11.8. The van der Waals surface area contributed by atoms with Gasteiger partial charge in [-0.25, -0.2) is 31.5 Å². The van der Waals surface area contributed by atoms with E-state index < -0.39 is 19.9 Å². The predicted molar refractivity (Wildman–Crippen MR) is 214 cm³/mol. The van der Waals surface area contributed by atoms with Gasteiger partial charge in [0, 0.05) is 75.8 Å². The average molecular weight is 823 g/mol. The Morgan fingerprint density at radius 3 is 1.62 bits per heavy atom. The van der Waals surface area contributed by atoms with E-state index in [1.807, 2.05) is 0 Å². The molecule has 7 rings (SSSR count). The van der Waals surface area contributed by atoms with E-state index in [1.165, 1.54) is 60.0 Å². The number of ether oxygens (including phenoxy) is 1. The summed E-state index contributed by atoms with van der Waals surface area (Å²) in [5, 5.41) is 1.70. The summed E-state index contributed by atoms with van der Waals surface area (Å²) < 4.78 is 58.5. The van der Waals surface area contributed by atoms with Crippen molar-refractivity contribution in [3.8, 4) is 28.0 Å². The highest BCUT2D eigenvalue weighted by atomic mass is 35.5. The maximum absolute atomic E-state index is 12.9. The molecule has 284 valence electrons. The minimum absolute atomic E-state index is 0. The average Bonchev–Trinajstić information content (AvgIpc) is 3.15. The highest BCUT2D eigenvalue weighted by Crippen LogP contribution is 2.28. The molecule has 14 nitrogen and oxygen atoms in total. The molecule has 0 aliphatic rings. The van der Waals surface area contributed by atoms with E-state index in [4.69, 9.17) is 27.9 Å². The van der Waals surface area contributed by atoms with Gasteiger partial charge in [0.1, 0.15) is 17.0 Å². The first kappa shape index (κ1) is 40.5. The van der Waals surface area contributed by atoms with Crippen molar-refractivity contribution in [1.29, 1.82) is 0 Å². The van der Waals surface area contributed by atoms with Crippen molar-refractivity contribution in [2.45, 2.75) is 17.5 Å². The molecule has 0 bridgehead atoms. The number of hydrogen-bond acceptors (Lipinski definition) is 11. The molecule has 0 radical (unpaired) electrons. The summed E-state index contributed by atoms with van der Waals surface area (Å²) in [5.74, 6) is 0.383. The molecule has 3 aromatic carbocycles. The lowest BCUT2D eigenvalue weighted by Crippen LogP contribution is -2.21. The smallest absolute Gasteiger partial charge is 0.264 e. The Labute approximate surface area is 326 Å². The molecular weight excluding hydrogens is 789 g/mol. The third-order valence-corrected chi connectivity index (χ3v) is 11.0. The van der Waals surface area contributed by atoms with Crippen molar-refractivity contribution < 1.29 is 21.6 Å². The van der Waals surface area contributed by atoms with Gasteiger partial charge in [-0.3, -0.25) is 18.7 Å². The van der Waals surface area contributed by atoms with Crippen molar-refractivity contribution in [3.05, 3.63) is 128 Å². The summed E-state index contributed by atoms with van der Waals surface area (Å²) in [6.45, 7) is 0. The lowest BCUT2D eigenvalue weighted by Gasteiger charge is -2.11. The number of benzene rings is 3. The van der Waals surface area contributed by atoms with Gasteiger partial charge in [0.15, 0.2) is 0 Å². The van der Waals surface area contributed by atoms with Crippen LogP contribution in [-0.4, -0.2) is 59.3 Å². The summed E-state index contributed by atoms with van der Waals surface area (Å²) in [6, 6.07) is 23.2. The van der Waals surface area contributed by atoms with Gasteiger partial charge >= 0.3 is 0 Å². The zero-order chi connectivity index (χ0) is 38.9. The molecule has 0 amide bonds. The third kappa shape index (κ3) is 8.37. The maximum Gasteiger partial charge on any atom is 0.264 e. The lowest BCUT2D eigenvalue weighted by molar-refractivity contribution is 0.414. The number of aromatic nitrogens is 6. The minimum atomic E-state index is -3.92. The molecule has 0 saturated carbocycles. The molecule has 0 fully saturated rings. The highest BCUT2D eigenvalue weighted by Gasteiger charge is 2.19. The first-order valence-corrected chi connectivity index (χ1v) is 19.8. The van der Waals surface area contributed by atoms with Crippen LogP contribution < -0.4 is 20.6 Å². The topological polar surface area (TPSA) is 185 Å².